The van der Waals surface area contributed by atoms with Crippen LogP contribution in [0.15, 0.2) is 182 Å². The van der Waals surface area contributed by atoms with E-state index in [0.717, 1.165) is 103 Å². The molecule has 6 heteroatoms. The summed E-state index contributed by atoms with van der Waals surface area (Å²) in [6, 6.07) is 47.8. The number of nitrogens with zero attached hydrogens (tertiary/aromatic N) is 6. The van der Waals surface area contributed by atoms with Crippen molar-refractivity contribution in [3.05, 3.63) is 182 Å². The predicted octanol–water partition coefficient (Wildman–Crippen LogP) is 11.5. The fourth-order valence-electron chi connectivity index (χ4n) is 7.11. The molecule has 1 aliphatic heterocycles. The maximum Gasteiger partial charge on any atom is 0.0715 e. The number of hydrogen-bond acceptors (Lipinski definition) is 6. The zero-order valence-corrected chi connectivity index (χ0v) is 29.4. The molecule has 256 valence electrons. The van der Waals surface area contributed by atoms with E-state index in [9.17, 15) is 0 Å². The lowest BCUT2D eigenvalue weighted by atomic mass is 9.87. The van der Waals surface area contributed by atoms with Gasteiger partial charge in [0.15, 0.2) is 0 Å². The monoisotopic (exact) mass is 694 g/mol. The smallest absolute Gasteiger partial charge is 0.0715 e. The summed E-state index contributed by atoms with van der Waals surface area (Å²) in [6.07, 6.45) is 15.3. The van der Waals surface area contributed by atoms with Crippen molar-refractivity contribution in [2.24, 2.45) is 4.99 Å². The van der Waals surface area contributed by atoms with E-state index in [2.05, 4.69) is 66.7 Å². The molecule has 0 saturated heterocycles. The van der Waals surface area contributed by atoms with Crippen LogP contribution >= 0.6 is 0 Å². The quantitative estimate of drug-likeness (QED) is 0.158. The maximum atomic E-state index is 4.88. The highest BCUT2D eigenvalue weighted by atomic mass is 14.8. The van der Waals surface area contributed by atoms with E-state index >= 15 is 0 Å². The molecule has 0 amide bonds. The molecule has 3 aromatic carbocycles. The standard InChI is InChI=1S/C48H34N6/c1-7-23-49-41(13-1)37-29-35(30-38(42-14-2-8-24-50-42)47(37)45-17-5-11-27-53-45)33-19-21-34(22-20-33)36-31-39(43-15-3-9-25-51-43)48(46-18-6-12-28-54-46)40(32-36)44-16-4-10-26-52-44/h1-3,5-9,11-32H,4,10H2. The van der Waals surface area contributed by atoms with Gasteiger partial charge in [-0.2, -0.15) is 0 Å². The maximum absolute atomic E-state index is 4.88. The minimum absolute atomic E-state index is 0.867. The van der Waals surface area contributed by atoms with Gasteiger partial charge in [-0.05, 0) is 120 Å². The largest absolute Gasteiger partial charge is 0.261 e. The summed E-state index contributed by atoms with van der Waals surface area (Å²) in [5, 5.41) is 0. The molecule has 6 nitrogen and oxygen atoms in total. The molecule has 0 spiro atoms. The Bertz CT molecular complexity index is 2550. The number of rotatable bonds is 8. The minimum Gasteiger partial charge on any atom is -0.261 e. The van der Waals surface area contributed by atoms with Crippen molar-refractivity contribution in [3.8, 4) is 78.5 Å². The molecule has 0 N–H and O–H groups in total. The van der Waals surface area contributed by atoms with Crippen molar-refractivity contribution >= 4 is 11.9 Å². The average Bonchev–Trinajstić information content (AvgIpc) is 3.27. The van der Waals surface area contributed by atoms with Gasteiger partial charge in [0.2, 0.25) is 0 Å². The Hall–Kier alpha value is -7.18. The predicted molar refractivity (Wildman–Crippen MR) is 219 cm³/mol. The van der Waals surface area contributed by atoms with Crippen molar-refractivity contribution in [2.75, 3.05) is 0 Å². The second-order valence-electron chi connectivity index (χ2n) is 13.0. The summed E-state index contributed by atoms with van der Waals surface area (Å²) in [4.78, 5) is 28.9. The molecular weight excluding hydrogens is 661 g/mol. The summed E-state index contributed by atoms with van der Waals surface area (Å²) >= 11 is 0. The van der Waals surface area contributed by atoms with Crippen molar-refractivity contribution in [1.29, 1.82) is 0 Å². The van der Waals surface area contributed by atoms with E-state index in [4.69, 9.17) is 29.9 Å². The van der Waals surface area contributed by atoms with E-state index in [1.165, 1.54) is 0 Å². The molecule has 0 atom stereocenters. The third kappa shape index (κ3) is 6.53. The van der Waals surface area contributed by atoms with E-state index in [0.29, 0.717) is 0 Å². The second kappa shape index (κ2) is 14.8. The Balaban J connectivity index is 1.21. The minimum atomic E-state index is 0.867. The molecule has 5 aromatic heterocycles. The van der Waals surface area contributed by atoms with Gasteiger partial charge in [0.05, 0.1) is 34.2 Å². The normalized spacial score (nSPS) is 12.3. The molecule has 9 rings (SSSR count). The number of aliphatic imine (C=N–C) groups is 1. The van der Waals surface area contributed by atoms with Crippen LogP contribution in [0.1, 0.15) is 18.4 Å². The molecule has 54 heavy (non-hydrogen) atoms. The van der Waals surface area contributed by atoms with Crippen LogP contribution in [-0.2, 0) is 0 Å². The highest BCUT2D eigenvalue weighted by Crippen LogP contribution is 2.44. The average molecular weight is 695 g/mol. The first-order valence-electron chi connectivity index (χ1n) is 18.1. The topological polar surface area (TPSA) is 76.8 Å². The Labute approximate surface area is 314 Å². The summed E-state index contributed by atoms with van der Waals surface area (Å²) in [7, 11) is 0. The molecule has 6 heterocycles. The Morgan fingerprint density at radius 3 is 1.06 bits per heavy atom. The number of benzene rings is 3. The molecule has 0 aliphatic carbocycles. The van der Waals surface area contributed by atoms with Gasteiger partial charge < -0.3 is 0 Å². The molecule has 0 saturated carbocycles. The van der Waals surface area contributed by atoms with Crippen molar-refractivity contribution in [3.63, 3.8) is 0 Å². The van der Waals surface area contributed by atoms with Crippen LogP contribution in [0.2, 0.25) is 0 Å². The summed E-state index contributed by atoms with van der Waals surface area (Å²) < 4.78 is 0. The Morgan fingerprint density at radius 2 is 0.704 bits per heavy atom. The molecule has 0 unspecified atom stereocenters. The van der Waals surface area contributed by atoms with Gasteiger partial charge in [-0.1, -0.05) is 60.7 Å². The summed E-state index contributed by atoms with van der Waals surface area (Å²) in [5.74, 6) is 0. The number of aromatic nitrogens is 5. The van der Waals surface area contributed by atoms with Crippen LogP contribution in [0.25, 0.3) is 84.2 Å². The van der Waals surface area contributed by atoms with Gasteiger partial charge in [0, 0.05) is 70.6 Å². The lowest BCUT2D eigenvalue weighted by Crippen LogP contribution is -1.99. The zero-order chi connectivity index (χ0) is 36.1. The molecule has 0 bridgehead atoms. The highest BCUT2D eigenvalue weighted by molar-refractivity contribution is 5.97. The lowest BCUT2D eigenvalue weighted by Gasteiger charge is -2.19. The summed E-state index contributed by atoms with van der Waals surface area (Å²) in [6.45, 7) is 0. The lowest BCUT2D eigenvalue weighted by molar-refractivity contribution is 1.09. The highest BCUT2D eigenvalue weighted by Gasteiger charge is 2.22. The van der Waals surface area contributed by atoms with Crippen LogP contribution in [0.5, 0.6) is 0 Å². The molecule has 0 radical (unpaired) electrons. The number of hydrogen-bond donors (Lipinski definition) is 0. The molecule has 1 aliphatic rings. The Kier molecular flexibility index (Phi) is 8.97. The second-order valence-corrected chi connectivity index (χ2v) is 13.0. The van der Waals surface area contributed by atoms with Crippen LogP contribution in [0.3, 0.4) is 0 Å². The van der Waals surface area contributed by atoms with E-state index < -0.39 is 0 Å². The molecule has 0 fully saturated rings. The van der Waals surface area contributed by atoms with Crippen molar-refractivity contribution in [2.45, 2.75) is 12.8 Å². The van der Waals surface area contributed by atoms with Crippen LogP contribution in [0.4, 0.5) is 0 Å². The molecule has 8 aromatic rings. The van der Waals surface area contributed by atoms with E-state index in [1.54, 1.807) is 0 Å². The first-order valence-corrected chi connectivity index (χ1v) is 18.1. The van der Waals surface area contributed by atoms with E-state index in [-0.39, 0.29) is 0 Å². The van der Waals surface area contributed by atoms with Gasteiger partial charge in [-0.3, -0.25) is 29.9 Å². The first-order chi connectivity index (χ1) is 26.8. The molecular formula is C48H34N6. The van der Waals surface area contributed by atoms with Crippen molar-refractivity contribution < 1.29 is 0 Å². The van der Waals surface area contributed by atoms with Crippen LogP contribution in [0, 0.1) is 0 Å². The number of allylic oxidation sites excluding steroid dienone is 1. The van der Waals surface area contributed by atoms with Gasteiger partial charge in [0.25, 0.3) is 0 Å². The van der Waals surface area contributed by atoms with Crippen molar-refractivity contribution in [1.82, 2.24) is 24.9 Å². The zero-order valence-electron chi connectivity index (χ0n) is 29.4. The third-order valence-corrected chi connectivity index (χ3v) is 9.63. The Morgan fingerprint density at radius 1 is 0.333 bits per heavy atom. The van der Waals surface area contributed by atoms with Crippen LogP contribution < -0.4 is 0 Å². The van der Waals surface area contributed by atoms with Crippen LogP contribution in [-0.4, -0.2) is 31.1 Å². The SMILES string of the molecule is C1=NC(c2cc(-c3ccc(-c4cc(-c5ccccn5)c(-c5ccccn5)c(-c5ccccn5)c4)cc3)cc(-c3ccccn3)c2-c2ccccn2)=CCC1. The summed E-state index contributed by atoms with van der Waals surface area (Å²) in [5.41, 5.74) is 15.7. The van der Waals surface area contributed by atoms with E-state index in [1.807, 2.05) is 116 Å². The number of pyridine rings is 5. The van der Waals surface area contributed by atoms with Gasteiger partial charge in [0.1, 0.15) is 0 Å². The van der Waals surface area contributed by atoms with Gasteiger partial charge >= 0.3 is 0 Å². The third-order valence-electron chi connectivity index (χ3n) is 9.63. The fraction of sp³-hybridized carbons (Fsp3) is 0.0417. The van der Waals surface area contributed by atoms with Gasteiger partial charge in [-0.25, -0.2) is 0 Å². The van der Waals surface area contributed by atoms with Gasteiger partial charge in [-0.15, -0.1) is 0 Å². The first kappa shape index (κ1) is 32.7. The fourth-order valence-corrected chi connectivity index (χ4v) is 7.11.